The zero-order valence-electron chi connectivity index (χ0n) is 15.9. The van der Waals surface area contributed by atoms with Crippen molar-refractivity contribution in [2.75, 3.05) is 24.6 Å². The summed E-state index contributed by atoms with van der Waals surface area (Å²) in [4.78, 5) is 26.1. The average Bonchev–Trinajstić information content (AvgIpc) is 2.68. The van der Waals surface area contributed by atoms with E-state index in [2.05, 4.69) is 31.3 Å². The van der Waals surface area contributed by atoms with Crippen molar-refractivity contribution in [1.82, 2.24) is 5.32 Å². The number of ether oxygens (including phenoxy) is 1. The van der Waals surface area contributed by atoms with Crippen LogP contribution >= 0.6 is 0 Å². The van der Waals surface area contributed by atoms with E-state index in [1.54, 1.807) is 4.90 Å². The molecule has 142 valence electrons. The molecule has 2 aromatic rings. The van der Waals surface area contributed by atoms with E-state index in [1.807, 2.05) is 42.5 Å². The molecule has 2 amide bonds. The van der Waals surface area contributed by atoms with Gasteiger partial charge in [-0.3, -0.25) is 9.59 Å². The zero-order chi connectivity index (χ0) is 19.2. The molecular weight excluding hydrogens is 340 g/mol. The number of anilines is 1. The van der Waals surface area contributed by atoms with Gasteiger partial charge in [0.2, 0.25) is 5.91 Å². The van der Waals surface area contributed by atoms with Crippen LogP contribution in [0.1, 0.15) is 30.9 Å². The van der Waals surface area contributed by atoms with E-state index >= 15 is 0 Å². The number of carbonyl (C=O) groups is 2. The van der Waals surface area contributed by atoms with Gasteiger partial charge in [0.05, 0.1) is 19.1 Å². The molecule has 1 heterocycles. The van der Waals surface area contributed by atoms with Crippen LogP contribution in [0, 0.1) is 0 Å². The highest BCUT2D eigenvalue weighted by Crippen LogP contribution is 2.22. The number of carbonyl (C=O) groups excluding carboxylic acids is 2. The average molecular weight is 366 g/mol. The molecule has 0 aliphatic carbocycles. The molecule has 1 N–H and O–H groups in total. The Balaban J connectivity index is 1.55. The fraction of sp³-hybridized carbons (Fsp3) is 0.364. The summed E-state index contributed by atoms with van der Waals surface area (Å²) in [7, 11) is 0. The van der Waals surface area contributed by atoms with Crippen LogP contribution in [-0.2, 0) is 20.7 Å². The standard InChI is InChI=1S/C22H26N2O3/c1-16(2)18-8-10-19(11-9-18)24-14-20(27-15-22(24)26)13-23-21(25)12-17-6-4-3-5-7-17/h3-11,16,20H,12-15H2,1-2H3,(H,23,25). The molecule has 0 spiro atoms. The minimum atomic E-state index is -0.216. The lowest BCUT2D eigenvalue weighted by Crippen LogP contribution is -2.50. The molecule has 1 unspecified atom stereocenters. The third kappa shape index (κ3) is 5.17. The second kappa shape index (κ2) is 8.82. The van der Waals surface area contributed by atoms with Crippen molar-refractivity contribution >= 4 is 17.5 Å². The fourth-order valence-corrected chi connectivity index (χ4v) is 3.11. The number of nitrogens with zero attached hydrogens (tertiary/aromatic N) is 1. The second-order valence-corrected chi connectivity index (χ2v) is 7.15. The fourth-order valence-electron chi connectivity index (χ4n) is 3.11. The molecule has 0 bridgehead atoms. The molecule has 2 aromatic carbocycles. The van der Waals surface area contributed by atoms with Gasteiger partial charge in [-0.05, 0) is 29.2 Å². The molecule has 1 aliphatic rings. The maximum absolute atomic E-state index is 12.3. The van der Waals surface area contributed by atoms with Gasteiger partial charge in [-0.1, -0.05) is 56.3 Å². The van der Waals surface area contributed by atoms with Crippen LogP contribution in [0.3, 0.4) is 0 Å². The Morgan fingerprint density at radius 1 is 1.15 bits per heavy atom. The Hall–Kier alpha value is -2.66. The first-order valence-electron chi connectivity index (χ1n) is 9.35. The van der Waals surface area contributed by atoms with Gasteiger partial charge in [-0.15, -0.1) is 0 Å². The highest BCUT2D eigenvalue weighted by atomic mass is 16.5. The van der Waals surface area contributed by atoms with Gasteiger partial charge in [0.25, 0.3) is 5.91 Å². The number of rotatable bonds is 6. The van der Waals surface area contributed by atoms with Crippen molar-refractivity contribution in [3.63, 3.8) is 0 Å². The summed E-state index contributed by atoms with van der Waals surface area (Å²) in [6.45, 7) is 5.14. The Labute approximate surface area is 160 Å². The first-order valence-corrected chi connectivity index (χ1v) is 9.35. The molecule has 1 fully saturated rings. The van der Waals surface area contributed by atoms with Crippen LogP contribution in [0.25, 0.3) is 0 Å². The molecule has 5 nitrogen and oxygen atoms in total. The van der Waals surface area contributed by atoms with E-state index in [0.29, 0.717) is 25.4 Å². The predicted octanol–water partition coefficient (Wildman–Crippen LogP) is 2.90. The van der Waals surface area contributed by atoms with E-state index in [1.165, 1.54) is 5.56 Å². The van der Waals surface area contributed by atoms with Crippen LogP contribution in [0.4, 0.5) is 5.69 Å². The van der Waals surface area contributed by atoms with Crippen molar-refractivity contribution in [2.45, 2.75) is 32.3 Å². The molecule has 1 saturated heterocycles. The minimum absolute atomic E-state index is 0.0329. The van der Waals surface area contributed by atoms with Crippen molar-refractivity contribution in [3.05, 3.63) is 65.7 Å². The Kier molecular flexibility index (Phi) is 6.24. The topological polar surface area (TPSA) is 58.6 Å². The number of hydrogen-bond donors (Lipinski definition) is 1. The van der Waals surface area contributed by atoms with Crippen LogP contribution in [0.5, 0.6) is 0 Å². The zero-order valence-corrected chi connectivity index (χ0v) is 15.9. The first-order chi connectivity index (χ1) is 13.0. The van der Waals surface area contributed by atoms with Crippen LogP contribution < -0.4 is 10.2 Å². The van der Waals surface area contributed by atoms with Gasteiger partial charge in [-0.25, -0.2) is 0 Å². The molecule has 0 aromatic heterocycles. The van der Waals surface area contributed by atoms with Gasteiger partial charge in [0.1, 0.15) is 6.61 Å². The summed E-state index contributed by atoms with van der Waals surface area (Å²) in [5.74, 6) is 0.348. The SMILES string of the molecule is CC(C)c1ccc(N2CC(CNC(=O)Cc3ccccc3)OCC2=O)cc1. The predicted molar refractivity (Wildman–Crippen MR) is 106 cm³/mol. The third-order valence-corrected chi connectivity index (χ3v) is 4.74. The molecule has 0 radical (unpaired) electrons. The van der Waals surface area contributed by atoms with Crippen molar-refractivity contribution < 1.29 is 14.3 Å². The quantitative estimate of drug-likeness (QED) is 0.855. The van der Waals surface area contributed by atoms with Gasteiger partial charge < -0.3 is 15.0 Å². The number of hydrogen-bond acceptors (Lipinski definition) is 3. The van der Waals surface area contributed by atoms with Gasteiger partial charge in [0.15, 0.2) is 0 Å². The first kappa shape index (κ1) is 19.1. The Bertz CT molecular complexity index is 772. The summed E-state index contributed by atoms with van der Waals surface area (Å²) >= 11 is 0. The number of benzene rings is 2. The molecule has 0 saturated carbocycles. The Morgan fingerprint density at radius 3 is 2.52 bits per heavy atom. The summed E-state index contributed by atoms with van der Waals surface area (Å²) in [6, 6.07) is 17.7. The van der Waals surface area contributed by atoms with E-state index in [9.17, 15) is 9.59 Å². The molecule has 5 heteroatoms. The van der Waals surface area contributed by atoms with Crippen molar-refractivity contribution in [1.29, 1.82) is 0 Å². The van der Waals surface area contributed by atoms with Gasteiger partial charge in [0, 0.05) is 12.2 Å². The summed E-state index contributed by atoms with van der Waals surface area (Å²) in [5.41, 5.74) is 3.08. The lowest BCUT2D eigenvalue weighted by molar-refractivity contribution is -0.129. The summed E-state index contributed by atoms with van der Waals surface area (Å²) in [5, 5.41) is 2.91. The summed E-state index contributed by atoms with van der Waals surface area (Å²) < 4.78 is 5.60. The van der Waals surface area contributed by atoms with Crippen LogP contribution in [-0.4, -0.2) is 37.6 Å². The summed E-state index contributed by atoms with van der Waals surface area (Å²) in [6.07, 6.45) is 0.125. The maximum atomic E-state index is 12.3. The third-order valence-electron chi connectivity index (χ3n) is 4.74. The van der Waals surface area contributed by atoms with E-state index in [-0.39, 0.29) is 24.5 Å². The van der Waals surface area contributed by atoms with Crippen molar-refractivity contribution in [2.24, 2.45) is 0 Å². The highest BCUT2D eigenvalue weighted by molar-refractivity contribution is 5.95. The Morgan fingerprint density at radius 2 is 1.85 bits per heavy atom. The molecule has 1 atom stereocenters. The lowest BCUT2D eigenvalue weighted by atomic mass is 10.0. The second-order valence-electron chi connectivity index (χ2n) is 7.15. The molecule has 27 heavy (non-hydrogen) atoms. The molecule has 3 rings (SSSR count). The number of amides is 2. The number of nitrogens with one attached hydrogen (secondary N) is 1. The van der Waals surface area contributed by atoms with Crippen molar-refractivity contribution in [3.8, 4) is 0 Å². The van der Waals surface area contributed by atoms with Crippen LogP contribution in [0.15, 0.2) is 54.6 Å². The van der Waals surface area contributed by atoms with Gasteiger partial charge in [-0.2, -0.15) is 0 Å². The van der Waals surface area contributed by atoms with E-state index in [0.717, 1.165) is 11.3 Å². The highest BCUT2D eigenvalue weighted by Gasteiger charge is 2.27. The van der Waals surface area contributed by atoms with E-state index < -0.39 is 0 Å². The van der Waals surface area contributed by atoms with E-state index in [4.69, 9.17) is 4.74 Å². The largest absolute Gasteiger partial charge is 0.365 e. The number of morpholine rings is 1. The lowest BCUT2D eigenvalue weighted by Gasteiger charge is -2.33. The maximum Gasteiger partial charge on any atom is 0.253 e. The molecular formula is C22H26N2O3. The molecule has 1 aliphatic heterocycles. The normalized spacial score (nSPS) is 17.2. The smallest absolute Gasteiger partial charge is 0.253 e. The van der Waals surface area contributed by atoms with Gasteiger partial charge >= 0.3 is 0 Å². The van der Waals surface area contributed by atoms with Crippen LogP contribution in [0.2, 0.25) is 0 Å². The minimum Gasteiger partial charge on any atom is -0.365 e. The monoisotopic (exact) mass is 366 g/mol.